The zero-order valence-electron chi connectivity index (χ0n) is 87.5. The standard InChI is InChI=1S/C16H20N.4C15H18N.C14H16N/c1-11-8-6-7-9-15(11)16-14(4)13(3)12(2)10-17(16)5;1-11-9-13(3)15(16(4)10-11)14-8-6-5-7-12(14)2;2*1-11-7-5-6-8-14(11)15-9-12(2)13(3)10-16(15)4;1-11-9-10-16(4)15(13(11)3)14-8-6-5-7-12(14)2;1-11-7-4-5-9-13(11)14-12(2)8-6-10-15(14)3/h6-10H,1-5H3;4*5-10H,1-4H3;4-10H,1-3H3/q6*+1/i2D3,3D3,4D3;1D3,3D3;2D3,3D3;2*3D3;2D3. The number of aromatic nitrogens is 6. The molecule has 6 aromatic carbocycles. The van der Waals surface area contributed by atoms with Crippen molar-refractivity contribution >= 4 is 0 Å². The predicted octanol–water partition coefficient (Wildman–Crippen LogP) is 18.6. The van der Waals surface area contributed by atoms with Crippen LogP contribution in [0.5, 0.6) is 0 Å². The SMILES string of the molecule is [2H]C([2H])([2H])c1c(C)cc[n+](C)c1-c1ccccc1C.[2H]C([2H])([2H])c1c[n+](C)c(-c2ccccc2C)c(C([2H])([2H])[2H])c1C([2H])([2H])[2H].[2H]C([2H])([2H])c1c[n+](C)c(-c2ccccc2C)cc1C.[2H]C([2H])([2H])c1cc(-c2ccccc2C)[n+](C)cc1C([2H])([2H])[2H].[2H]C([2H])([2H])c1cc(C([2H])([2H])[2H])c(-c2ccccc2C)[n+](C)c1.[2H]C([2H])([2H])c1ccc[n+](C)c1-c1ccccc1C. The van der Waals surface area contributed by atoms with E-state index in [-0.39, 0.29) is 27.9 Å². The van der Waals surface area contributed by atoms with E-state index in [9.17, 15) is 0 Å². The molecule has 0 amide bonds. The first kappa shape index (κ1) is 41.9. The number of rotatable bonds is 6. The molecule has 492 valence electrons. The van der Waals surface area contributed by atoms with E-state index < -0.39 is 85.2 Å². The van der Waals surface area contributed by atoms with Crippen molar-refractivity contribution in [3.8, 4) is 67.5 Å². The highest BCUT2D eigenvalue weighted by Gasteiger charge is 2.21. The van der Waals surface area contributed by atoms with Crippen molar-refractivity contribution < 1.29 is 68.5 Å². The molecule has 0 unspecified atom stereocenters. The first-order chi connectivity index (χ1) is 57.7. The highest BCUT2D eigenvalue weighted by molar-refractivity contribution is 5.68. The van der Waals surface area contributed by atoms with Gasteiger partial charge in [-0.05, 0) is 228 Å². The summed E-state index contributed by atoms with van der Waals surface area (Å²) in [5, 5.41) is 0. The molecule has 96 heavy (non-hydrogen) atoms. The molecule has 0 aliphatic rings. The molecule has 0 saturated heterocycles. The largest absolute Gasteiger partial charge is 0.215 e. The Kier molecular flexibility index (Phi) is 14.7. The Bertz CT molecular complexity index is 5880. The molecule has 12 rings (SSSR count). The molecule has 0 radical (unpaired) electrons. The molecular formula is C90H108N6+6. The second-order valence-corrected chi connectivity index (χ2v) is 23.9. The molecule has 6 heteroatoms. The van der Waals surface area contributed by atoms with Crippen molar-refractivity contribution in [1.82, 2.24) is 0 Å². The molecule has 6 aromatic heterocycles. The summed E-state index contributed by atoms with van der Waals surface area (Å²) in [5.74, 6) is 0. The van der Waals surface area contributed by atoms with Gasteiger partial charge in [0.05, 0.1) is 0 Å². The minimum absolute atomic E-state index is 0.0264. The van der Waals surface area contributed by atoms with E-state index in [0.717, 1.165) is 83.8 Å². The van der Waals surface area contributed by atoms with Crippen LogP contribution < -0.4 is 27.4 Å². The Morgan fingerprint density at radius 1 is 0.219 bits per heavy atom. The van der Waals surface area contributed by atoms with Gasteiger partial charge in [0.1, 0.15) is 42.3 Å². The predicted molar refractivity (Wildman–Crippen MR) is 404 cm³/mol. The smallest absolute Gasteiger partial charge is 0.201 e. The van der Waals surface area contributed by atoms with Gasteiger partial charge in [0.2, 0.25) is 34.2 Å². The van der Waals surface area contributed by atoms with Gasteiger partial charge in [0, 0.05) is 143 Å². The normalized spacial score (nSPS) is 16.4. The topological polar surface area (TPSA) is 23.3 Å². The molecule has 0 spiro atoms. The van der Waals surface area contributed by atoms with E-state index in [0.29, 0.717) is 33.6 Å². The first-order valence-corrected chi connectivity index (χ1v) is 31.3. The lowest BCUT2D eigenvalue weighted by Gasteiger charge is -2.10. The summed E-state index contributed by atoms with van der Waals surface area (Å²) < 4.78 is 241. The van der Waals surface area contributed by atoms with Gasteiger partial charge < -0.3 is 0 Å². The Hall–Kier alpha value is -9.78. The van der Waals surface area contributed by atoms with E-state index >= 15 is 0 Å². The van der Waals surface area contributed by atoms with Crippen LogP contribution >= 0.6 is 0 Å². The van der Waals surface area contributed by atoms with Gasteiger partial charge in [-0.2, -0.15) is 0 Å². The van der Waals surface area contributed by atoms with Gasteiger partial charge in [-0.3, -0.25) is 0 Å². The van der Waals surface area contributed by atoms with Crippen LogP contribution in [-0.4, -0.2) is 0 Å². The van der Waals surface area contributed by atoms with Crippen LogP contribution in [0.3, 0.4) is 0 Å². The van der Waals surface area contributed by atoms with E-state index in [1.165, 1.54) is 47.9 Å². The number of benzene rings is 6. The molecule has 12 aromatic rings. The second-order valence-electron chi connectivity index (χ2n) is 23.9. The van der Waals surface area contributed by atoms with Crippen LogP contribution in [0.2, 0.25) is 0 Å². The van der Waals surface area contributed by atoms with E-state index in [2.05, 4.69) is 19.1 Å². The Morgan fingerprint density at radius 3 is 1.00 bits per heavy atom. The molecule has 0 aliphatic heterocycles. The fourth-order valence-electron chi connectivity index (χ4n) is 11.2. The second kappa shape index (κ2) is 33.6. The number of nitrogens with zero attached hydrogens (tertiary/aromatic N) is 6. The molecule has 0 N–H and O–H groups in total. The highest BCUT2D eigenvalue weighted by Crippen LogP contribution is 2.29. The minimum Gasteiger partial charge on any atom is -0.201 e. The first-order valence-electron chi connectivity index (χ1n) is 46.3. The molecular weight excluding hydrogens is 1170 g/mol. The average Bonchev–Trinajstić information content (AvgIpc) is 0.728. The van der Waals surface area contributed by atoms with Crippen LogP contribution in [-0.2, 0) is 42.3 Å². The van der Waals surface area contributed by atoms with Crippen molar-refractivity contribution in [1.29, 1.82) is 0 Å². The molecule has 0 bridgehead atoms. The monoisotopic (exact) mass is 1300 g/mol. The molecule has 0 aliphatic carbocycles. The minimum atomic E-state index is -2.89. The van der Waals surface area contributed by atoms with Gasteiger partial charge in [-0.25, -0.2) is 27.4 Å². The summed E-state index contributed by atoms with van der Waals surface area (Å²) in [7, 11) is 10.6. The maximum Gasteiger partial charge on any atom is 0.215 e. The number of pyridine rings is 6. The van der Waals surface area contributed by atoms with Gasteiger partial charge in [0.15, 0.2) is 37.2 Å². The lowest BCUT2D eigenvalue weighted by molar-refractivity contribution is -0.661. The van der Waals surface area contributed by atoms with Crippen LogP contribution in [0.15, 0.2) is 219 Å². The quantitative estimate of drug-likeness (QED) is 0.148. The van der Waals surface area contributed by atoms with Crippen LogP contribution in [0.25, 0.3) is 67.5 Å². The molecule has 6 nitrogen and oxygen atoms in total. The van der Waals surface area contributed by atoms with Gasteiger partial charge >= 0.3 is 0 Å². The summed E-state index contributed by atoms with van der Waals surface area (Å²) in [6.07, 6.45) is 9.57. The Morgan fingerprint density at radius 2 is 0.573 bits per heavy atom. The zero-order chi connectivity index (χ0) is 95.2. The third-order valence-electron chi connectivity index (χ3n) is 16.6. The van der Waals surface area contributed by atoms with Crippen molar-refractivity contribution in [2.24, 2.45) is 42.3 Å². The Balaban J connectivity index is 0.000000208. The third kappa shape index (κ3) is 18.2. The maximum atomic E-state index is 7.94. The van der Waals surface area contributed by atoms with Crippen LogP contribution in [0, 0.1) is 124 Å². The molecule has 6 heterocycles. The fraction of sp³-hybridized carbons (Fsp3) is 0.267. The van der Waals surface area contributed by atoms with E-state index in [4.69, 9.17) is 41.1 Å². The molecule has 0 atom stereocenters. The van der Waals surface area contributed by atoms with Crippen molar-refractivity contribution in [3.05, 3.63) is 319 Å². The van der Waals surface area contributed by atoms with Gasteiger partial charge in [-0.15, -0.1) is 0 Å². The van der Waals surface area contributed by atoms with E-state index in [1.807, 2.05) is 210 Å². The van der Waals surface area contributed by atoms with Crippen LogP contribution in [0.1, 0.15) is 141 Å². The molecule has 0 saturated carbocycles. The van der Waals surface area contributed by atoms with Crippen LogP contribution in [0.4, 0.5) is 0 Å². The van der Waals surface area contributed by atoms with Crippen molar-refractivity contribution in [2.75, 3.05) is 0 Å². The van der Waals surface area contributed by atoms with Gasteiger partial charge in [-0.1, -0.05) is 109 Å². The van der Waals surface area contributed by atoms with Gasteiger partial charge in [0.25, 0.3) is 0 Å². The lowest BCUT2D eigenvalue weighted by Crippen LogP contribution is -2.33. The number of hydrogen-bond acceptors (Lipinski definition) is 0. The summed E-state index contributed by atoms with van der Waals surface area (Å²) in [6.45, 7) is -9.04. The summed E-state index contributed by atoms with van der Waals surface area (Å²) >= 11 is 0. The number of hydrogen-bond donors (Lipinski definition) is 0. The zero-order valence-corrected chi connectivity index (χ0v) is 57.5. The van der Waals surface area contributed by atoms with Crippen molar-refractivity contribution in [3.63, 3.8) is 0 Å². The number of aryl methyl sites for hydroxylation is 21. The van der Waals surface area contributed by atoms with E-state index in [1.54, 1.807) is 72.7 Å². The summed E-state index contributed by atoms with van der Waals surface area (Å²) in [5.41, 5.74) is 16.4. The average molecular weight is 1300 g/mol. The maximum absolute atomic E-state index is 7.94. The lowest BCUT2D eigenvalue weighted by atomic mass is 9.97. The summed E-state index contributed by atoms with van der Waals surface area (Å²) in [4.78, 5) is 0. The third-order valence-corrected chi connectivity index (χ3v) is 16.6. The Labute approximate surface area is 620 Å². The van der Waals surface area contributed by atoms with Crippen molar-refractivity contribution in [2.45, 2.75) is 124 Å². The summed E-state index contributed by atoms with van der Waals surface area (Å²) in [6, 6.07) is 55.8. The fourth-order valence-corrected chi connectivity index (χ4v) is 11.2. The highest BCUT2D eigenvalue weighted by atomic mass is 14.9. The molecule has 0 fully saturated rings.